The summed E-state index contributed by atoms with van der Waals surface area (Å²) in [5.41, 5.74) is 4.38. The third-order valence-electron chi connectivity index (χ3n) is 3.26. The Kier molecular flexibility index (Phi) is 5.51. The van der Waals surface area contributed by atoms with Crippen molar-refractivity contribution < 1.29 is 24.0 Å². The zero-order chi connectivity index (χ0) is 18.4. The summed E-state index contributed by atoms with van der Waals surface area (Å²) in [7, 11) is 2.86. The number of hydrogen-bond acceptors (Lipinski definition) is 6. The van der Waals surface area contributed by atoms with Gasteiger partial charge in [-0.25, -0.2) is 0 Å². The molecule has 0 aliphatic heterocycles. The van der Waals surface area contributed by atoms with Gasteiger partial charge < -0.3 is 9.47 Å². The van der Waals surface area contributed by atoms with Crippen LogP contribution >= 0.6 is 0 Å². The number of carbonyl (C=O) groups is 2. The van der Waals surface area contributed by atoms with Crippen molar-refractivity contribution >= 4 is 17.5 Å². The van der Waals surface area contributed by atoms with Gasteiger partial charge in [-0.15, -0.1) is 0 Å². The molecule has 0 aliphatic rings. The molecule has 2 aromatic rings. The summed E-state index contributed by atoms with van der Waals surface area (Å²) in [4.78, 5) is 34.4. The van der Waals surface area contributed by atoms with E-state index in [-0.39, 0.29) is 16.8 Å². The first-order valence-corrected chi connectivity index (χ1v) is 7.03. The highest BCUT2D eigenvalue weighted by molar-refractivity contribution is 6.00. The van der Waals surface area contributed by atoms with Crippen LogP contribution in [0.3, 0.4) is 0 Å². The third kappa shape index (κ3) is 4.22. The van der Waals surface area contributed by atoms with Crippen LogP contribution in [0.25, 0.3) is 0 Å². The predicted molar refractivity (Wildman–Crippen MR) is 87.6 cm³/mol. The SMILES string of the molecule is COc1ccc(OC)c(C(=O)NNC(=O)c2cccc([N+](=O)[O-])c2)c1. The van der Waals surface area contributed by atoms with E-state index in [1.807, 2.05) is 0 Å². The molecule has 2 N–H and O–H groups in total. The van der Waals surface area contributed by atoms with E-state index >= 15 is 0 Å². The van der Waals surface area contributed by atoms with Crippen molar-refractivity contribution in [3.8, 4) is 11.5 Å². The molecule has 0 saturated heterocycles. The maximum atomic E-state index is 12.2. The Balaban J connectivity index is 2.10. The minimum Gasteiger partial charge on any atom is -0.497 e. The third-order valence-corrected chi connectivity index (χ3v) is 3.26. The fraction of sp³-hybridized carbons (Fsp3) is 0.125. The highest BCUT2D eigenvalue weighted by Gasteiger charge is 2.16. The number of benzene rings is 2. The van der Waals surface area contributed by atoms with E-state index in [2.05, 4.69) is 10.9 Å². The van der Waals surface area contributed by atoms with E-state index < -0.39 is 16.7 Å². The van der Waals surface area contributed by atoms with E-state index in [0.717, 1.165) is 6.07 Å². The summed E-state index contributed by atoms with van der Waals surface area (Å²) in [6, 6.07) is 9.76. The van der Waals surface area contributed by atoms with Gasteiger partial charge in [0.25, 0.3) is 17.5 Å². The summed E-state index contributed by atoms with van der Waals surface area (Å²) >= 11 is 0. The number of ether oxygens (including phenoxy) is 2. The zero-order valence-corrected chi connectivity index (χ0v) is 13.4. The lowest BCUT2D eigenvalue weighted by Crippen LogP contribution is -2.41. The summed E-state index contributed by atoms with van der Waals surface area (Å²) in [5, 5.41) is 10.7. The lowest BCUT2D eigenvalue weighted by molar-refractivity contribution is -0.384. The first-order valence-electron chi connectivity index (χ1n) is 7.03. The lowest BCUT2D eigenvalue weighted by Gasteiger charge is -2.11. The summed E-state index contributed by atoms with van der Waals surface area (Å²) in [6.07, 6.45) is 0. The quantitative estimate of drug-likeness (QED) is 0.628. The monoisotopic (exact) mass is 345 g/mol. The number of nitrogens with zero attached hydrogens (tertiary/aromatic N) is 1. The van der Waals surface area contributed by atoms with E-state index in [1.165, 1.54) is 38.5 Å². The first-order chi connectivity index (χ1) is 12.0. The number of hydrazine groups is 1. The minimum absolute atomic E-state index is 0.0344. The number of nitro benzene ring substituents is 1. The van der Waals surface area contributed by atoms with Crippen molar-refractivity contribution in [1.82, 2.24) is 10.9 Å². The topological polar surface area (TPSA) is 120 Å². The fourth-order valence-electron chi connectivity index (χ4n) is 2.01. The second-order valence-electron chi connectivity index (χ2n) is 4.78. The Morgan fingerprint density at radius 2 is 1.72 bits per heavy atom. The molecule has 0 radical (unpaired) electrons. The molecule has 0 aromatic heterocycles. The van der Waals surface area contributed by atoms with Gasteiger partial charge in [0.1, 0.15) is 11.5 Å². The molecule has 0 atom stereocenters. The molecule has 9 nitrogen and oxygen atoms in total. The summed E-state index contributed by atoms with van der Waals surface area (Å²) in [6.45, 7) is 0. The van der Waals surface area contributed by atoms with Crippen LogP contribution in [-0.4, -0.2) is 31.0 Å². The van der Waals surface area contributed by atoms with E-state index in [4.69, 9.17) is 9.47 Å². The smallest absolute Gasteiger partial charge is 0.273 e. The normalized spacial score (nSPS) is 9.84. The van der Waals surface area contributed by atoms with Gasteiger partial charge in [-0.3, -0.25) is 30.6 Å². The van der Waals surface area contributed by atoms with Crippen LogP contribution in [0.5, 0.6) is 11.5 Å². The number of nitro groups is 1. The minimum atomic E-state index is -0.695. The van der Waals surface area contributed by atoms with Crippen LogP contribution in [0.4, 0.5) is 5.69 Å². The number of amides is 2. The molecule has 0 fully saturated rings. The van der Waals surface area contributed by atoms with Crippen molar-refractivity contribution in [2.75, 3.05) is 14.2 Å². The highest BCUT2D eigenvalue weighted by Crippen LogP contribution is 2.23. The fourth-order valence-corrected chi connectivity index (χ4v) is 2.01. The molecular formula is C16H15N3O6. The number of methoxy groups -OCH3 is 2. The number of hydrogen-bond donors (Lipinski definition) is 2. The van der Waals surface area contributed by atoms with Crippen LogP contribution in [0.2, 0.25) is 0 Å². The van der Waals surface area contributed by atoms with Gasteiger partial charge in [0.05, 0.1) is 24.7 Å². The standard InChI is InChI=1S/C16H15N3O6/c1-24-12-6-7-14(25-2)13(9-12)16(21)18-17-15(20)10-4-3-5-11(8-10)19(22)23/h3-9H,1-2H3,(H,17,20)(H,18,21). The molecule has 0 saturated carbocycles. The van der Waals surface area contributed by atoms with Crippen molar-refractivity contribution in [3.05, 3.63) is 63.7 Å². The Morgan fingerprint density at radius 1 is 1.00 bits per heavy atom. The zero-order valence-electron chi connectivity index (χ0n) is 13.4. The summed E-state index contributed by atoms with van der Waals surface area (Å²) in [5.74, 6) is -0.590. The van der Waals surface area contributed by atoms with Gasteiger partial charge in [-0.2, -0.15) is 0 Å². The molecule has 0 bridgehead atoms. The second kappa shape index (κ2) is 7.77. The molecule has 2 aromatic carbocycles. The van der Waals surface area contributed by atoms with Crippen LogP contribution < -0.4 is 20.3 Å². The van der Waals surface area contributed by atoms with Crippen LogP contribution in [0.15, 0.2) is 42.5 Å². The Bertz CT molecular complexity index is 821. The van der Waals surface area contributed by atoms with Crippen LogP contribution in [0, 0.1) is 10.1 Å². The van der Waals surface area contributed by atoms with Crippen molar-refractivity contribution in [2.24, 2.45) is 0 Å². The highest BCUT2D eigenvalue weighted by atomic mass is 16.6. The van der Waals surface area contributed by atoms with Crippen molar-refractivity contribution in [3.63, 3.8) is 0 Å². The summed E-state index contributed by atoms with van der Waals surface area (Å²) < 4.78 is 10.1. The molecule has 0 spiro atoms. The number of rotatable bonds is 5. The first kappa shape index (κ1) is 17.7. The average molecular weight is 345 g/mol. The molecule has 0 unspecified atom stereocenters. The van der Waals surface area contributed by atoms with Crippen molar-refractivity contribution in [1.29, 1.82) is 0 Å². The molecule has 2 rings (SSSR count). The van der Waals surface area contributed by atoms with Gasteiger partial charge in [-0.1, -0.05) is 6.07 Å². The Morgan fingerprint density at radius 3 is 2.36 bits per heavy atom. The van der Waals surface area contributed by atoms with Gasteiger partial charge >= 0.3 is 0 Å². The van der Waals surface area contributed by atoms with Crippen LogP contribution in [0.1, 0.15) is 20.7 Å². The Hall–Kier alpha value is -3.62. The molecule has 130 valence electrons. The average Bonchev–Trinajstić information content (AvgIpc) is 2.65. The van der Waals surface area contributed by atoms with Crippen LogP contribution in [-0.2, 0) is 0 Å². The largest absolute Gasteiger partial charge is 0.497 e. The van der Waals surface area contributed by atoms with E-state index in [9.17, 15) is 19.7 Å². The molecule has 0 aliphatic carbocycles. The number of non-ortho nitro benzene ring substituents is 1. The van der Waals surface area contributed by atoms with Gasteiger partial charge in [0.15, 0.2) is 0 Å². The second-order valence-corrected chi connectivity index (χ2v) is 4.78. The maximum Gasteiger partial charge on any atom is 0.273 e. The number of nitrogens with one attached hydrogen (secondary N) is 2. The maximum absolute atomic E-state index is 12.2. The van der Waals surface area contributed by atoms with Gasteiger partial charge in [-0.05, 0) is 24.3 Å². The van der Waals surface area contributed by atoms with E-state index in [1.54, 1.807) is 12.1 Å². The van der Waals surface area contributed by atoms with Crippen molar-refractivity contribution in [2.45, 2.75) is 0 Å². The van der Waals surface area contributed by atoms with E-state index in [0.29, 0.717) is 11.5 Å². The lowest BCUT2D eigenvalue weighted by atomic mass is 10.1. The van der Waals surface area contributed by atoms with Gasteiger partial charge in [0, 0.05) is 17.7 Å². The number of carbonyl (C=O) groups excluding carboxylic acids is 2. The molecule has 9 heteroatoms. The molecule has 2 amide bonds. The molecular weight excluding hydrogens is 330 g/mol. The molecule has 25 heavy (non-hydrogen) atoms. The predicted octanol–water partition coefficient (Wildman–Crippen LogP) is 1.69. The Labute approximate surface area is 142 Å². The molecule has 0 heterocycles. The van der Waals surface area contributed by atoms with Gasteiger partial charge in [0.2, 0.25) is 0 Å².